The van der Waals surface area contributed by atoms with Crippen molar-refractivity contribution in [3.8, 4) is 0 Å². The molecule has 92 valence electrons. The minimum absolute atomic E-state index is 0.298. The van der Waals surface area contributed by atoms with Gasteiger partial charge in [0.1, 0.15) is 5.60 Å². The number of rotatable bonds is 5. The minimum Gasteiger partial charge on any atom is -0.370 e. The summed E-state index contributed by atoms with van der Waals surface area (Å²) < 4.78 is 10.7. The minimum atomic E-state index is -0.494. The van der Waals surface area contributed by atoms with Crippen LogP contribution in [0.3, 0.4) is 0 Å². The lowest BCUT2D eigenvalue weighted by Gasteiger charge is -2.22. The van der Waals surface area contributed by atoms with E-state index < -0.39 is 5.60 Å². The van der Waals surface area contributed by atoms with Crippen molar-refractivity contribution in [3.63, 3.8) is 0 Å². The molecule has 1 aromatic rings. The van der Waals surface area contributed by atoms with Gasteiger partial charge in [0.05, 0.1) is 5.41 Å². The molecule has 0 saturated heterocycles. The normalized spacial score (nSPS) is 16.1. The third kappa shape index (κ3) is 2.25. The Morgan fingerprint density at radius 1 is 1.38 bits per heavy atom. The van der Waals surface area contributed by atoms with E-state index in [1.54, 1.807) is 7.11 Å². The molecule has 5 heteroatoms. The monoisotopic (exact) mass is 227 g/mol. The maximum atomic E-state index is 5.66. The molecule has 0 amide bonds. The summed E-state index contributed by atoms with van der Waals surface area (Å²) in [6, 6.07) is 0. The zero-order valence-electron chi connectivity index (χ0n) is 10.7. The molecule has 1 heterocycles. The fourth-order valence-corrected chi connectivity index (χ4v) is 1.19. The van der Waals surface area contributed by atoms with Gasteiger partial charge >= 0.3 is 0 Å². The quantitative estimate of drug-likeness (QED) is 0.826. The molecular weight excluding hydrogens is 206 g/mol. The van der Waals surface area contributed by atoms with Crippen LogP contribution < -0.4 is 5.73 Å². The van der Waals surface area contributed by atoms with Gasteiger partial charge < -0.3 is 15.0 Å². The summed E-state index contributed by atoms with van der Waals surface area (Å²) >= 11 is 0. The molecule has 0 radical (unpaired) electrons. The van der Waals surface area contributed by atoms with Gasteiger partial charge in [-0.15, -0.1) is 0 Å². The highest BCUT2D eigenvalue weighted by Crippen LogP contribution is 2.28. The molecule has 0 aliphatic rings. The summed E-state index contributed by atoms with van der Waals surface area (Å²) in [6.45, 7) is 8.37. The van der Waals surface area contributed by atoms with E-state index in [9.17, 15) is 0 Å². The van der Waals surface area contributed by atoms with Crippen LogP contribution in [0.2, 0.25) is 0 Å². The molecule has 5 nitrogen and oxygen atoms in total. The number of ether oxygens (including phenoxy) is 1. The van der Waals surface area contributed by atoms with Crippen molar-refractivity contribution < 1.29 is 9.26 Å². The fraction of sp³-hybridized carbons (Fsp3) is 0.818. The molecule has 1 unspecified atom stereocenters. The second-order valence-corrected chi connectivity index (χ2v) is 4.80. The van der Waals surface area contributed by atoms with Gasteiger partial charge in [0.15, 0.2) is 0 Å². The first-order valence-corrected chi connectivity index (χ1v) is 5.49. The molecular formula is C11H21N3O2. The summed E-state index contributed by atoms with van der Waals surface area (Å²) in [5.41, 5.74) is 4.87. The lowest BCUT2D eigenvalue weighted by molar-refractivity contribution is -0.0106. The molecule has 0 aliphatic heterocycles. The Morgan fingerprint density at radius 2 is 2.00 bits per heavy atom. The zero-order chi connectivity index (χ0) is 12.4. The van der Waals surface area contributed by atoms with Crippen molar-refractivity contribution >= 4 is 0 Å². The van der Waals surface area contributed by atoms with Gasteiger partial charge in [0, 0.05) is 13.7 Å². The van der Waals surface area contributed by atoms with Gasteiger partial charge in [-0.3, -0.25) is 0 Å². The summed E-state index contributed by atoms with van der Waals surface area (Å²) in [5, 5.41) is 3.98. The van der Waals surface area contributed by atoms with Crippen LogP contribution in [0.25, 0.3) is 0 Å². The largest absolute Gasteiger partial charge is 0.370 e. The lowest BCUT2D eigenvalue weighted by atomic mass is 9.94. The molecule has 0 aromatic carbocycles. The number of methoxy groups -OCH3 is 1. The molecule has 1 atom stereocenters. The van der Waals surface area contributed by atoms with Crippen molar-refractivity contribution in [1.82, 2.24) is 10.1 Å². The van der Waals surface area contributed by atoms with Crippen LogP contribution >= 0.6 is 0 Å². The third-order valence-corrected chi connectivity index (χ3v) is 3.11. The average molecular weight is 227 g/mol. The van der Waals surface area contributed by atoms with Crippen molar-refractivity contribution in [3.05, 3.63) is 11.7 Å². The first-order chi connectivity index (χ1) is 7.39. The number of hydrogen-bond donors (Lipinski definition) is 1. The molecule has 0 spiro atoms. The Balaban J connectivity index is 3.03. The van der Waals surface area contributed by atoms with E-state index in [1.807, 2.05) is 27.7 Å². The Kier molecular flexibility index (Phi) is 3.70. The Labute approximate surface area is 96.4 Å². The molecule has 1 aromatic heterocycles. The maximum Gasteiger partial charge on any atom is 0.233 e. The first-order valence-electron chi connectivity index (χ1n) is 5.49. The Bertz CT molecular complexity index is 343. The number of nitrogens with two attached hydrogens (primary N) is 1. The zero-order valence-corrected chi connectivity index (χ0v) is 10.7. The van der Waals surface area contributed by atoms with Crippen molar-refractivity contribution in [2.45, 2.75) is 45.1 Å². The Hall–Kier alpha value is -0.940. The van der Waals surface area contributed by atoms with Gasteiger partial charge in [-0.05, 0) is 27.2 Å². The van der Waals surface area contributed by atoms with Gasteiger partial charge in [-0.1, -0.05) is 12.1 Å². The smallest absolute Gasteiger partial charge is 0.233 e. The van der Waals surface area contributed by atoms with Crippen LogP contribution in [-0.4, -0.2) is 23.8 Å². The molecule has 0 bridgehead atoms. The average Bonchev–Trinajstić information content (AvgIpc) is 2.78. The Morgan fingerprint density at radius 3 is 2.44 bits per heavy atom. The highest BCUT2D eigenvalue weighted by atomic mass is 16.5. The van der Waals surface area contributed by atoms with Crippen LogP contribution in [-0.2, 0) is 15.8 Å². The number of nitrogens with zero attached hydrogens (tertiary/aromatic N) is 2. The molecule has 0 fully saturated rings. The van der Waals surface area contributed by atoms with E-state index in [4.69, 9.17) is 15.0 Å². The second-order valence-electron chi connectivity index (χ2n) is 4.80. The van der Waals surface area contributed by atoms with Gasteiger partial charge in [0.2, 0.25) is 11.7 Å². The topological polar surface area (TPSA) is 74.2 Å². The van der Waals surface area contributed by atoms with E-state index in [2.05, 4.69) is 10.1 Å². The van der Waals surface area contributed by atoms with Crippen molar-refractivity contribution in [2.75, 3.05) is 13.7 Å². The van der Waals surface area contributed by atoms with E-state index in [-0.39, 0.29) is 5.41 Å². The number of aromatic nitrogens is 2. The lowest BCUT2D eigenvalue weighted by Crippen LogP contribution is -2.29. The SMILES string of the molecule is CCC(C)(OC)c1noc(C(C)(C)CN)n1. The van der Waals surface area contributed by atoms with Crippen LogP contribution in [0.1, 0.15) is 45.8 Å². The second kappa shape index (κ2) is 4.51. The van der Waals surface area contributed by atoms with Gasteiger partial charge in [0.25, 0.3) is 0 Å². The van der Waals surface area contributed by atoms with E-state index >= 15 is 0 Å². The van der Waals surface area contributed by atoms with E-state index in [0.717, 1.165) is 6.42 Å². The van der Waals surface area contributed by atoms with Crippen LogP contribution in [0.5, 0.6) is 0 Å². The summed E-state index contributed by atoms with van der Waals surface area (Å²) in [6.07, 6.45) is 0.783. The van der Waals surface area contributed by atoms with Crippen molar-refractivity contribution in [2.24, 2.45) is 5.73 Å². The van der Waals surface area contributed by atoms with E-state index in [0.29, 0.717) is 18.3 Å². The van der Waals surface area contributed by atoms with Crippen LogP contribution in [0, 0.1) is 0 Å². The maximum absolute atomic E-state index is 5.66. The fourth-order valence-electron chi connectivity index (χ4n) is 1.19. The van der Waals surface area contributed by atoms with Gasteiger partial charge in [-0.2, -0.15) is 4.98 Å². The molecule has 0 aliphatic carbocycles. The van der Waals surface area contributed by atoms with Gasteiger partial charge in [-0.25, -0.2) is 0 Å². The van der Waals surface area contributed by atoms with E-state index in [1.165, 1.54) is 0 Å². The standard InChI is InChI=1S/C11H21N3O2/c1-6-11(4,15-5)8-13-9(16-14-8)10(2,3)7-12/h6-7,12H2,1-5H3. The molecule has 16 heavy (non-hydrogen) atoms. The predicted octanol–water partition coefficient (Wildman–Crippen LogP) is 1.58. The summed E-state index contributed by atoms with van der Waals surface area (Å²) in [4.78, 5) is 4.38. The third-order valence-electron chi connectivity index (χ3n) is 3.11. The summed E-state index contributed by atoms with van der Waals surface area (Å²) in [7, 11) is 1.65. The molecule has 0 saturated carbocycles. The van der Waals surface area contributed by atoms with Crippen molar-refractivity contribution in [1.29, 1.82) is 0 Å². The molecule has 1 rings (SSSR count). The predicted molar refractivity (Wildman–Crippen MR) is 61.0 cm³/mol. The first kappa shape index (κ1) is 13.1. The van der Waals surface area contributed by atoms with Crippen LogP contribution in [0.15, 0.2) is 4.52 Å². The van der Waals surface area contributed by atoms with Crippen LogP contribution in [0.4, 0.5) is 0 Å². The molecule has 2 N–H and O–H groups in total. The highest BCUT2D eigenvalue weighted by Gasteiger charge is 2.33. The highest BCUT2D eigenvalue weighted by molar-refractivity contribution is 5.06. The number of hydrogen-bond acceptors (Lipinski definition) is 5. The summed E-state index contributed by atoms with van der Waals surface area (Å²) in [5.74, 6) is 1.13.